The lowest BCUT2D eigenvalue weighted by Crippen LogP contribution is -2.33. The van der Waals surface area contributed by atoms with Crippen molar-refractivity contribution in [2.75, 3.05) is 11.4 Å². The van der Waals surface area contributed by atoms with Crippen LogP contribution >= 0.6 is 0 Å². The van der Waals surface area contributed by atoms with Crippen molar-refractivity contribution < 1.29 is 14.1 Å². The summed E-state index contributed by atoms with van der Waals surface area (Å²) in [5, 5.41) is 6.76. The molecule has 0 aliphatic carbocycles. The van der Waals surface area contributed by atoms with Crippen LogP contribution in [0.25, 0.3) is 11.4 Å². The first-order chi connectivity index (χ1) is 14.2. The van der Waals surface area contributed by atoms with Gasteiger partial charge in [-0.3, -0.25) is 9.59 Å². The molecule has 0 spiro atoms. The van der Waals surface area contributed by atoms with Crippen LogP contribution in [0.5, 0.6) is 0 Å². The fourth-order valence-corrected chi connectivity index (χ4v) is 3.53. The SMILES string of the molecule is CCc1ccccc1N1CC(C(=O)NCc2nc(-c3ccccc3)no2)CC1=O. The minimum Gasteiger partial charge on any atom is -0.347 e. The Hall–Kier alpha value is -3.48. The van der Waals surface area contributed by atoms with Gasteiger partial charge in [0.05, 0.1) is 12.5 Å². The van der Waals surface area contributed by atoms with E-state index in [1.165, 1.54) is 0 Å². The summed E-state index contributed by atoms with van der Waals surface area (Å²) in [5.74, 6) is 0.191. The Labute approximate surface area is 168 Å². The zero-order chi connectivity index (χ0) is 20.2. The summed E-state index contributed by atoms with van der Waals surface area (Å²) in [6.07, 6.45) is 1.03. The van der Waals surface area contributed by atoms with E-state index in [9.17, 15) is 9.59 Å². The maximum atomic E-state index is 12.6. The molecule has 1 N–H and O–H groups in total. The number of para-hydroxylation sites is 1. The van der Waals surface area contributed by atoms with Crippen molar-refractivity contribution in [1.29, 1.82) is 0 Å². The fraction of sp³-hybridized carbons (Fsp3) is 0.273. The summed E-state index contributed by atoms with van der Waals surface area (Å²) in [4.78, 5) is 31.1. The largest absolute Gasteiger partial charge is 0.347 e. The summed E-state index contributed by atoms with van der Waals surface area (Å²) in [6.45, 7) is 2.56. The first kappa shape index (κ1) is 18.9. The Morgan fingerprint density at radius 1 is 1.17 bits per heavy atom. The minimum absolute atomic E-state index is 0.0322. The van der Waals surface area contributed by atoms with Gasteiger partial charge >= 0.3 is 0 Å². The van der Waals surface area contributed by atoms with E-state index >= 15 is 0 Å². The summed E-state index contributed by atoms with van der Waals surface area (Å²) < 4.78 is 5.22. The maximum absolute atomic E-state index is 12.6. The molecule has 1 saturated heterocycles. The van der Waals surface area contributed by atoms with E-state index in [1.54, 1.807) is 4.90 Å². The Bertz CT molecular complexity index is 1020. The summed E-state index contributed by atoms with van der Waals surface area (Å²) in [5.41, 5.74) is 2.83. The normalized spacial score (nSPS) is 16.2. The number of nitrogens with zero attached hydrogens (tertiary/aromatic N) is 3. The Balaban J connectivity index is 1.37. The number of nitrogens with one attached hydrogen (secondary N) is 1. The predicted molar refractivity (Wildman–Crippen MR) is 108 cm³/mol. The molecule has 3 aromatic rings. The molecule has 1 aliphatic heterocycles. The highest BCUT2D eigenvalue weighted by Gasteiger charge is 2.35. The standard InChI is InChI=1S/C22H22N4O3/c1-2-15-8-6-7-11-18(15)26-14-17(12-20(26)27)22(28)23-13-19-24-21(25-29-19)16-9-4-3-5-10-16/h3-11,17H,2,12-14H2,1H3,(H,23,28). The van der Waals surface area contributed by atoms with Gasteiger partial charge in [-0.15, -0.1) is 0 Å². The molecule has 2 aromatic carbocycles. The first-order valence-corrected chi connectivity index (χ1v) is 9.69. The number of rotatable bonds is 6. The van der Waals surface area contributed by atoms with Crippen molar-refractivity contribution in [3.8, 4) is 11.4 Å². The van der Waals surface area contributed by atoms with Gasteiger partial charge in [-0.2, -0.15) is 4.98 Å². The second-order valence-corrected chi connectivity index (χ2v) is 6.98. The molecule has 0 radical (unpaired) electrons. The number of amides is 2. The van der Waals surface area contributed by atoms with E-state index in [0.29, 0.717) is 18.3 Å². The number of benzene rings is 2. The van der Waals surface area contributed by atoms with Gasteiger partial charge in [0.15, 0.2) is 0 Å². The Morgan fingerprint density at radius 2 is 1.93 bits per heavy atom. The van der Waals surface area contributed by atoms with Crippen LogP contribution in [0.4, 0.5) is 5.69 Å². The smallest absolute Gasteiger partial charge is 0.246 e. The van der Waals surface area contributed by atoms with Crippen molar-refractivity contribution in [2.45, 2.75) is 26.3 Å². The van der Waals surface area contributed by atoms with E-state index in [1.807, 2.05) is 54.6 Å². The molecule has 2 amide bonds. The van der Waals surface area contributed by atoms with Crippen molar-refractivity contribution in [2.24, 2.45) is 5.92 Å². The van der Waals surface area contributed by atoms with Crippen molar-refractivity contribution in [3.63, 3.8) is 0 Å². The highest BCUT2D eigenvalue weighted by atomic mass is 16.5. The van der Waals surface area contributed by atoms with E-state index in [-0.39, 0.29) is 24.8 Å². The van der Waals surface area contributed by atoms with Crippen LogP contribution in [-0.4, -0.2) is 28.5 Å². The molecule has 1 aliphatic rings. The predicted octanol–water partition coefficient (Wildman–Crippen LogP) is 2.97. The molecule has 4 rings (SSSR count). The van der Waals surface area contributed by atoms with Gasteiger partial charge in [0.25, 0.3) is 0 Å². The monoisotopic (exact) mass is 390 g/mol. The van der Waals surface area contributed by atoms with Gasteiger partial charge in [-0.1, -0.05) is 60.6 Å². The summed E-state index contributed by atoms with van der Waals surface area (Å²) in [7, 11) is 0. The molecule has 2 heterocycles. The van der Waals surface area contributed by atoms with Gasteiger partial charge in [0.1, 0.15) is 0 Å². The zero-order valence-electron chi connectivity index (χ0n) is 16.2. The second-order valence-electron chi connectivity index (χ2n) is 6.98. The molecule has 0 bridgehead atoms. The van der Waals surface area contributed by atoms with Gasteiger partial charge in [-0.25, -0.2) is 0 Å². The molecule has 7 heteroatoms. The van der Waals surface area contributed by atoms with Crippen LogP contribution in [0.2, 0.25) is 0 Å². The molecule has 1 fully saturated rings. The number of hydrogen-bond donors (Lipinski definition) is 1. The molecular weight excluding hydrogens is 368 g/mol. The third-order valence-electron chi connectivity index (χ3n) is 5.07. The lowest BCUT2D eigenvalue weighted by molar-refractivity contribution is -0.126. The third kappa shape index (κ3) is 4.03. The molecule has 7 nitrogen and oxygen atoms in total. The highest BCUT2D eigenvalue weighted by Crippen LogP contribution is 2.28. The van der Waals surface area contributed by atoms with Gasteiger partial charge < -0.3 is 14.7 Å². The molecular formula is C22H22N4O3. The number of anilines is 1. The highest BCUT2D eigenvalue weighted by molar-refractivity contribution is 6.00. The van der Waals surface area contributed by atoms with Crippen LogP contribution in [0.1, 0.15) is 24.8 Å². The fourth-order valence-electron chi connectivity index (χ4n) is 3.53. The van der Waals surface area contributed by atoms with Crippen molar-refractivity contribution in [1.82, 2.24) is 15.5 Å². The minimum atomic E-state index is -0.399. The van der Waals surface area contributed by atoms with Gasteiger partial charge in [0.2, 0.25) is 23.5 Å². The quantitative estimate of drug-likeness (QED) is 0.699. The van der Waals surface area contributed by atoms with Crippen molar-refractivity contribution >= 4 is 17.5 Å². The summed E-state index contributed by atoms with van der Waals surface area (Å²) >= 11 is 0. The second kappa shape index (κ2) is 8.26. The van der Waals surface area contributed by atoms with Crippen LogP contribution in [0.3, 0.4) is 0 Å². The van der Waals surface area contributed by atoms with Gasteiger partial charge in [0, 0.05) is 24.2 Å². The zero-order valence-corrected chi connectivity index (χ0v) is 16.2. The average Bonchev–Trinajstić information content (AvgIpc) is 3.39. The lowest BCUT2D eigenvalue weighted by Gasteiger charge is -2.19. The average molecular weight is 390 g/mol. The van der Waals surface area contributed by atoms with Crippen molar-refractivity contribution in [3.05, 3.63) is 66.1 Å². The molecule has 1 aromatic heterocycles. The topological polar surface area (TPSA) is 88.3 Å². The number of aryl methyl sites for hydroxylation is 1. The molecule has 148 valence electrons. The number of aromatic nitrogens is 2. The molecule has 29 heavy (non-hydrogen) atoms. The first-order valence-electron chi connectivity index (χ1n) is 9.69. The Kier molecular flexibility index (Phi) is 5.37. The van der Waals surface area contributed by atoms with E-state index in [0.717, 1.165) is 23.2 Å². The van der Waals surface area contributed by atoms with Crippen LogP contribution in [0, 0.1) is 5.92 Å². The summed E-state index contributed by atoms with van der Waals surface area (Å²) in [6, 6.07) is 17.3. The molecule has 1 atom stereocenters. The number of carbonyl (C=O) groups excluding carboxylic acids is 2. The maximum Gasteiger partial charge on any atom is 0.246 e. The van der Waals surface area contributed by atoms with Gasteiger partial charge in [-0.05, 0) is 18.1 Å². The van der Waals surface area contributed by atoms with Crippen LogP contribution in [-0.2, 0) is 22.6 Å². The van der Waals surface area contributed by atoms with E-state index in [2.05, 4.69) is 22.4 Å². The number of hydrogen-bond acceptors (Lipinski definition) is 5. The van der Waals surface area contributed by atoms with Crippen LogP contribution < -0.4 is 10.2 Å². The lowest BCUT2D eigenvalue weighted by atomic mass is 10.1. The van der Waals surface area contributed by atoms with E-state index in [4.69, 9.17) is 4.52 Å². The third-order valence-corrected chi connectivity index (χ3v) is 5.07. The van der Waals surface area contributed by atoms with E-state index < -0.39 is 5.92 Å². The molecule has 1 unspecified atom stereocenters. The van der Waals surface area contributed by atoms with Crippen LogP contribution in [0.15, 0.2) is 59.1 Å². The molecule has 0 saturated carbocycles. The number of carbonyl (C=O) groups is 2. The Morgan fingerprint density at radius 3 is 2.72 bits per heavy atom.